The number of nitrogens with zero attached hydrogens (tertiary/aromatic N) is 4. The fourth-order valence-corrected chi connectivity index (χ4v) is 5.56. The Morgan fingerprint density at radius 3 is 2.85 bits per heavy atom. The van der Waals surface area contributed by atoms with Crippen LogP contribution in [0, 0.1) is 5.82 Å². The SMILES string of the molecule is C=CC(=O)Nc1cc(Nc2cc(N3OCC[C@@H]3c3ccc(Cl)c(F)c3)ncn2)c(OC)cc1N1C[C@H]2C[C@@H]1CO2. The van der Waals surface area contributed by atoms with Crippen LogP contribution in [0.5, 0.6) is 5.75 Å². The average molecular weight is 567 g/mol. The number of hydrogen-bond donors (Lipinski definition) is 2. The van der Waals surface area contributed by atoms with Crippen molar-refractivity contribution < 1.29 is 23.5 Å². The molecule has 1 aromatic heterocycles. The molecule has 40 heavy (non-hydrogen) atoms. The van der Waals surface area contributed by atoms with Gasteiger partial charge in [-0.3, -0.25) is 9.63 Å². The zero-order chi connectivity index (χ0) is 27.8. The summed E-state index contributed by atoms with van der Waals surface area (Å²) in [6.45, 7) is 5.42. The summed E-state index contributed by atoms with van der Waals surface area (Å²) in [6, 6.07) is 10.2. The zero-order valence-corrected chi connectivity index (χ0v) is 22.5. The Morgan fingerprint density at radius 2 is 2.12 bits per heavy atom. The standard InChI is InChI=1S/C28H28ClFN6O4/c1-3-28(37)34-21-10-22(25(38-2)11-24(21)35-13-18-9-17(35)14-39-18)33-26-12-27(32-15-31-26)36-23(6-7-40-36)16-4-5-19(29)20(30)8-16/h3-5,8,10-12,15,17-18,23H,1,6-7,9,13-14H2,2H3,(H,34,37)(H,31,32,33)/t17-,18-,23-/m1/s1. The maximum absolute atomic E-state index is 14.2. The number of methoxy groups -OCH3 is 1. The van der Waals surface area contributed by atoms with Crippen LogP contribution >= 0.6 is 11.6 Å². The molecule has 3 saturated heterocycles. The van der Waals surface area contributed by atoms with Gasteiger partial charge < -0.3 is 25.0 Å². The summed E-state index contributed by atoms with van der Waals surface area (Å²) in [4.78, 5) is 29.2. The maximum atomic E-state index is 14.2. The fourth-order valence-electron chi connectivity index (χ4n) is 5.44. The van der Waals surface area contributed by atoms with E-state index in [1.54, 1.807) is 24.3 Å². The predicted octanol–water partition coefficient (Wildman–Crippen LogP) is 5.01. The van der Waals surface area contributed by atoms with Gasteiger partial charge in [0.25, 0.3) is 0 Å². The molecule has 2 aromatic carbocycles. The normalized spacial score (nSPS) is 21.5. The number of hydroxylamine groups is 1. The number of morpholine rings is 1. The van der Waals surface area contributed by atoms with Gasteiger partial charge in [-0.25, -0.2) is 19.4 Å². The van der Waals surface area contributed by atoms with Gasteiger partial charge in [-0.05, 0) is 36.3 Å². The van der Waals surface area contributed by atoms with Crippen LogP contribution < -0.4 is 25.3 Å². The van der Waals surface area contributed by atoms with Crippen molar-refractivity contribution in [3.8, 4) is 5.75 Å². The summed E-state index contributed by atoms with van der Waals surface area (Å²) in [5.74, 6) is 0.738. The molecule has 0 saturated carbocycles. The smallest absolute Gasteiger partial charge is 0.247 e. The number of fused-ring (bicyclic) bond motifs is 2. The van der Waals surface area contributed by atoms with Crippen LogP contribution in [-0.4, -0.2) is 54.9 Å². The van der Waals surface area contributed by atoms with Crippen molar-refractivity contribution >= 4 is 46.2 Å². The van der Waals surface area contributed by atoms with Crippen molar-refractivity contribution in [1.29, 1.82) is 0 Å². The molecule has 1 amide bonds. The monoisotopic (exact) mass is 566 g/mol. The highest BCUT2D eigenvalue weighted by molar-refractivity contribution is 6.30. The van der Waals surface area contributed by atoms with Gasteiger partial charge in [0.2, 0.25) is 5.91 Å². The molecular formula is C28H28ClFN6O4. The van der Waals surface area contributed by atoms with Crippen molar-refractivity contribution in [1.82, 2.24) is 9.97 Å². The van der Waals surface area contributed by atoms with E-state index in [-0.39, 0.29) is 29.1 Å². The van der Waals surface area contributed by atoms with Crippen molar-refractivity contribution in [2.45, 2.75) is 31.0 Å². The first-order chi connectivity index (χ1) is 19.4. The van der Waals surface area contributed by atoms with Gasteiger partial charge >= 0.3 is 0 Å². The van der Waals surface area contributed by atoms with E-state index < -0.39 is 5.82 Å². The molecule has 4 heterocycles. The Hall–Kier alpha value is -3.93. The molecule has 208 valence electrons. The lowest BCUT2D eigenvalue weighted by Gasteiger charge is -2.31. The number of rotatable bonds is 8. The molecule has 3 fully saturated rings. The first-order valence-corrected chi connectivity index (χ1v) is 13.3. The third-order valence-corrected chi connectivity index (χ3v) is 7.65. The van der Waals surface area contributed by atoms with E-state index in [0.717, 1.165) is 24.2 Å². The molecule has 3 aromatic rings. The van der Waals surface area contributed by atoms with Gasteiger partial charge in [-0.2, -0.15) is 0 Å². The summed E-state index contributed by atoms with van der Waals surface area (Å²) < 4.78 is 25.7. The number of amides is 1. The van der Waals surface area contributed by atoms with E-state index >= 15 is 0 Å². The van der Waals surface area contributed by atoms with Gasteiger partial charge in [0.15, 0.2) is 5.82 Å². The van der Waals surface area contributed by atoms with Crippen molar-refractivity contribution in [3.63, 3.8) is 0 Å². The lowest BCUT2D eigenvalue weighted by Crippen LogP contribution is -2.37. The molecule has 3 aliphatic rings. The molecular weight excluding hydrogens is 539 g/mol. The quantitative estimate of drug-likeness (QED) is 0.364. The average Bonchev–Trinajstić information content (AvgIpc) is 3.73. The third-order valence-electron chi connectivity index (χ3n) is 7.35. The summed E-state index contributed by atoms with van der Waals surface area (Å²) in [6.07, 6.45) is 4.43. The van der Waals surface area contributed by atoms with Crippen LogP contribution in [0.1, 0.15) is 24.4 Å². The van der Waals surface area contributed by atoms with Crippen LogP contribution in [-0.2, 0) is 14.4 Å². The third kappa shape index (κ3) is 5.03. The molecule has 6 rings (SSSR count). The van der Waals surface area contributed by atoms with Gasteiger partial charge in [0, 0.05) is 25.1 Å². The minimum absolute atomic E-state index is 0.0666. The highest BCUT2D eigenvalue weighted by atomic mass is 35.5. The van der Waals surface area contributed by atoms with E-state index in [2.05, 4.69) is 32.1 Å². The summed E-state index contributed by atoms with van der Waals surface area (Å²) in [5.41, 5.74) is 2.78. The lowest BCUT2D eigenvalue weighted by molar-refractivity contribution is -0.111. The maximum Gasteiger partial charge on any atom is 0.247 e. The molecule has 10 nitrogen and oxygen atoms in total. The Morgan fingerprint density at radius 1 is 1.25 bits per heavy atom. The molecule has 0 unspecified atom stereocenters. The predicted molar refractivity (Wildman–Crippen MR) is 150 cm³/mol. The van der Waals surface area contributed by atoms with E-state index in [4.69, 9.17) is 25.9 Å². The van der Waals surface area contributed by atoms with Crippen LogP contribution in [0.4, 0.5) is 33.1 Å². The van der Waals surface area contributed by atoms with E-state index in [1.165, 1.54) is 24.5 Å². The second-order valence-corrected chi connectivity index (χ2v) is 10.2. The minimum atomic E-state index is -0.486. The molecule has 0 radical (unpaired) electrons. The largest absolute Gasteiger partial charge is 0.494 e. The highest BCUT2D eigenvalue weighted by Gasteiger charge is 2.40. The van der Waals surface area contributed by atoms with Crippen LogP contribution in [0.15, 0.2) is 55.4 Å². The first-order valence-electron chi connectivity index (χ1n) is 12.9. The lowest BCUT2D eigenvalue weighted by atomic mass is 10.0. The summed E-state index contributed by atoms with van der Waals surface area (Å²) in [5, 5.41) is 7.93. The molecule has 3 atom stereocenters. The second-order valence-electron chi connectivity index (χ2n) is 9.78. The first kappa shape index (κ1) is 26.3. The van der Waals surface area contributed by atoms with Gasteiger partial charge in [-0.1, -0.05) is 24.2 Å². The minimum Gasteiger partial charge on any atom is -0.494 e. The zero-order valence-electron chi connectivity index (χ0n) is 21.8. The van der Waals surface area contributed by atoms with Crippen LogP contribution in [0.2, 0.25) is 5.02 Å². The number of benzene rings is 2. The van der Waals surface area contributed by atoms with Gasteiger partial charge in [-0.15, -0.1) is 0 Å². The summed E-state index contributed by atoms with van der Waals surface area (Å²) in [7, 11) is 1.59. The number of nitrogens with one attached hydrogen (secondary N) is 2. The van der Waals surface area contributed by atoms with E-state index in [0.29, 0.717) is 48.4 Å². The fraction of sp³-hybridized carbons (Fsp3) is 0.321. The Kier molecular flexibility index (Phi) is 7.18. The van der Waals surface area contributed by atoms with Crippen LogP contribution in [0.25, 0.3) is 0 Å². The molecule has 12 heteroatoms. The van der Waals surface area contributed by atoms with Gasteiger partial charge in [0.1, 0.15) is 23.7 Å². The van der Waals surface area contributed by atoms with Crippen molar-refractivity contribution in [2.75, 3.05) is 47.5 Å². The Labute approximate surface area is 235 Å². The molecule has 2 bridgehead atoms. The molecule has 3 aliphatic heterocycles. The second kappa shape index (κ2) is 10.9. The highest BCUT2D eigenvalue weighted by Crippen LogP contribution is 2.43. The molecule has 2 N–H and O–H groups in total. The number of carbonyl (C=O) groups excluding carboxylic acids is 1. The van der Waals surface area contributed by atoms with Crippen LogP contribution in [0.3, 0.4) is 0 Å². The Balaban J connectivity index is 1.30. The van der Waals surface area contributed by atoms with E-state index in [1.807, 2.05) is 12.1 Å². The number of anilines is 5. The van der Waals surface area contributed by atoms with Crippen molar-refractivity contribution in [2.24, 2.45) is 0 Å². The number of halogens is 2. The number of carbonyl (C=O) groups is 1. The molecule has 0 aliphatic carbocycles. The molecule has 0 spiro atoms. The Bertz CT molecular complexity index is 1460. The number of ether oxygens (including phenoxy) is 2. The number of hydrogen-bond acceptors (Lipinski definition) is 9. The topological polar surface area (TPSA) is 101 Å². The number of aromatic nitrogens is 2. The van der Waals surface area contributed by atoms with E-state index in [9.17, 15) is 9.18 Å². The van der Waals surface area contributed by atoms with Crippen molar-refractivity contribution in [3.05, 3.63) is 71.8 Å². The summed E-state index contributed by atoms with van der Waals surface area (Å²) >= 11 is 5.88. The van der Waals surface area contributed by atoms with Gasteiger partial charge in [0.05, 0.1) is 60.6 Å².